The van der Waals surface area contributed by atoms with Crippen molar-refractivity contribution in [3.63, 3.8) is 0 Å². The number of methoxy groups -OCH3 is 2. The summed E-state index contributed by atoms with van der Waals surface area (Å²) in [6, 6.07) is 14.2. The number of aryl methyl sites for hydroxylation is 1. The Morgan fingerprint density at radius 2 is 1.55 bits per heavy atom. The average Bonchev–Trinajstić information content (AvgIpc) is 2.82. The van der Waals surface area contributed by atoms with E-state index in [9.17, 15) is 9.59 Å². The van der Waals surface area contributed by atoms with Gasteiger partial charge in [-0.15, -0.1) is 0 Å². The highest BCUT2D eigenvalue weighted by Crippen LogP contribution is 2.60. The maximum absolute atomic E-state index is 13.6. The molecule has 4 bridgehead atoms. The van der Waals surface area contributed by atoms with Crippen molar-refractivity contribution in [3.8, 4) is 0 Å². The van der Waals surface area contributed by atoms with Crippen molar-refractivity contribution in [2.45, 2.75) is 63.4 Å². The van der Waals surface area contributed by atoms with Crippen molar-refractivity contribution in [2.24, 2.45) is 17.8 Å². The molecule has 33 heavy (non-hydrogen) atoms. The molecule has 174 valence electrons. The van der Waals surface area contributed by atoms with Crippen LogP contribution in [0.25, 0.3) is 0 Å². The smallest absolute Gasteiger partial charge is 0.305 e. The Balaban J connectivity index is 1.42. The van der Waals surface area contributed by atoms with Gasteiger partial charge in [-0.3, -0.25) is 9.59 Å². The van der Waals surface area contributed by atoms with Crippen molar-refractivity contribution in [1.29, 1.82) is 0 Å². The molecule has 6 rings (SSSR count). The summed E-state index contributed by atoms with van der Waals surface area (Å²) in [5.74, 6) is 2.43. The molecule has 4 fully saturated rings. The molecular weight excluding hydrogens is 412 g/mol. The summed E-state index contributed by atoms with van der Waals surface area (Å²) in [6.45, 7) is 0.430. The third kappa shape index (κ3) is 4.38. The fraction of sp³-hybridized carbons (Fsp3) is 0.517. The van der Waals surface area contributed by atoms with Gasteiger partial charge in [-0.2, -0.15) is 0 Å². The van der Waals surface area contributed by atoms with Crippen LogP contribution >= 0.6 is 0 Å². The maximum Gasteiger partial charge on any atom is 0.305 e. The van der Waals surface area contributed by atoms with Gasteiger partial charge in [-0.05, 0) is 90.9 Å². The summed E-state index contributed by atoms with van der Waals surface area (Å²) in [7, 11) is 3.08. The van der Waals surface area contributed by atoms with Crippen LogP contribution in [0.4, 0.5) is 0 Å². The van der Waals surface area contributed by atoms with Gasteiger partial charge in [0.25, 0.3) is 0 Å². The first-order valence-electron chi connectivity index (χ1n) is 12.3. The Hall–Kier alpha value is -2.46. The number of ketones is 1. The highest BCUT2D eigenvalue weighted by Gasteiger charge is 2.51. The predicted octanol–water partition coefficient (Wildman–Crippen LogP) is 5.64. The highest BCUT2D eigenvalue weighted by molar-refractivity contribution is 6.10. The van der Waals surface area contributed by atoms with Crippen LogP contribution in [0.2, 0.25) is 0 Å². The predicted molar refractivity (Wildman–Crippen MR) is 127 cm³/mol. The van der Waals surface area contributed by atoms with Gasteiger partial charge in [0.1, 0.15) is 0 Å². The minimum absolute atomic E-state index is 0.0492. The van der Waals surface area contributed by atoms with Crippen LogP contribution in [0.3, 0.4) is 0 Å². The summed E-state index contributed by atoms with van der Waals surface area (Å²) in [5, 5.41) is 0. The molecule has 0 spiro atoms. The summed E-state index contributed by atoms with van der Waals surface area (Å²) >= 11 is 0. The zero-order valence-corrected chi connectivity index (χ0v) is 19.8. The first-order chi connectivity index (χ1) is 16.0. The molecule has 4 saturated carbocycles. The molecule has 0 saturated heterocycles. The lowest BCUT2D eigenvalue weighted by Gasteiger charge is -2.57. The van der Waals surface area contributed by atoms with Crippen LogP contribution in [-0.4, -0.2) is 26.0 Å². The molecule has 0 unspecified atom stereocenters. The number of carbonyl (C=O) groups is 2. The largest absolute Gasteiger partial charge is 0.469 e. The topological polar surface area (TPSA) is 52.6 Å². The van der Waals surface area contributed by atoms with Gasteiger partial charge in [0, 0.05) is 24.7 Å². The summed E-state index contributed by atoms with van der Waals surface area (Å²) in [6.07, 6.45) is 9.03. The summed E-state index contributed by atoms with van der Waals surface area (Å²) in [4.78, 5) is 25.0. The first kappa shape index (κ1) is 22.3. The van der Waals surface area contributed by atoms with E-state index >= 15 is 0 Å². The number of benzene rings is 2. The Bertz CT molecular complexity index is 1000. The van der Waals surface area contributed by atoms with E-state index in [1.165, 1.54) is 51.2 Å². The van der Waals surface area contributed by atoms with E-state index in [2.05, 4.69) is 18.2 Å². The van der Waals surface area contributed by atoms with Gasteiger partial charge in [-0.1, -0.05) is 36.4 Å². The van der Waals surface area contributed by atoms with Gasteiger partial charge in [-0.25, -0.2) is 0 Å². The second-order valence-electron chi connectivity index (χ2n) is 10.6. The molecule has 2 aromatic carbocycles. The molecule has 0 aliphatic heterocycles. The number of carbonyl (C=O) groups excluding carboxylic acids is 2. The lowest BCUT2D eigenvalue weighted by Crippen LogP contribution is -2.48. The highest BCUT2D eigenvalue weighted by atomic mass is 16.5. The third-order valence-electron chi connectivity index (χ3n) is 8.37. The molecule has 4 nitrogen and oxygen atoms in total. The van der Waals surface area contributed by atoms with Crippen LogP contribution in [0.5, 0.6) is 0 Å². The van der Waals surface area contributed by atoms with Gasteiger partial charge in [0.05, 0.1) is 13.7 Å². The van der Waals surface area contributed by atoms with Crippen LogP contribution < -0.4 is 0 Å². The molecule has 4 aliphatic rings. The second-order valence-corrected chi connectivity index (χ2v) is 10.6. The Morgan fingerprint density at radius 3 is 2.12 bits per heavy atom. The number of esters is 1. The van der Waals surface area contributed by atoms with E-state index in [4.69, 9.17) is 9.47 Å². The first-order valence-corrected chi connectivity index (χ1v) is 12.3. The lowest BCUT2D eigenvalue weighted by molar-refractivity contribution is -0.140. The van der Waals surface area contributed by atoms with E-state index in [0.29, 0.717) is 25.0 Å². The van der Waals surface area contributed by atoms with Gasteiger partial charge < -0.3 is 9.47 Å². The molecular formula is C29H34O4. The van der Waals surface area contributed by atoms with Gasteiger partial charge >= 0.3 is 5.97 Å². The van der Waals surface area contributed by atoms with Crippen LogP contribution in [0, 0.1) is 17.8 Å². The lowest BCUT2D eigenvalue weighted by atomic mass is 9.48. The standard InChI is InChI=1S/C29H34O4/c1-32-18-24-8-9-25(29-15-20-11-21(16-29)13-22(12-20)17-29)14-26(24)28(31)23-6-3-19(4-7-23)5-10-27(30)33-2/h3-4,6-9,14,20-22H,5,10-13,15-18H2,1-2H3. The molecule has 4 aliphatic carbocycles. The average molecular weight is 447 g/mol. The summed E-state index contributed by atoms with van der Waals surface area (Å²) in [5.41, 5.74) is 5.04. The molecule has 0 aromatic heterocycles. The molecule has 4 heteroatoms. The summed E-state index contributed by atoms with van der Waals surface area (Å²) < 4.78 is 10.2. The van der Waals surface area contributed by atoms with E-state index in [0.717, 1.165) is 34.4 Å². The Morgan fingerprint density at radius 1 is 0.909 bits per heavy atom. The maximum atomic E-state index is 13.6. The zero-order valence-electron chi connectivity index (χ0n) is 19.8. The normalized spacial score (nSPS) is 27.5. The van der Waals surface area contributed by atoms with Crippen molar-refractivity contribution in [2.75, 3.05) is 14.2 Å². The van der Waals surface area contributed by atoms with Crippen molar-refractivity contribution in [1.82, 2.24) is 0 Å². The quantitative estimate of drug-likeness (QED) is 0.389. The number of rotatable bonds is 8. The number of ether oxygens (including phenoxy) is 2. The molecule has 0 radical (unpaired) electrons. The minimum Gasteiger partial charge on any atom is -0.469 e. The van der Waals surface area contributed by atoms with Gasteiger partial charge in [0.2, 0.25) is 0 Å². The van der Waals surface area contributed by atoms with Crippen LogP contribution in [0.1, 0.15) is 77.6 Å². The Labute approximate surface area is 196 Å². The van der Waals surface area contributed by atoms with Crippen LogP contribution in [-0.2, 0) is 32.7 Å². The van der Waals surface area contributed by atoms with Crippen molar-refractivity contribution >= 4 is 11.8 Å². The number of hydrogen-bond donors (Lipinski definition) is 0. The van der Waals surface area contributed by atoms with Gasteiger partial charge in [0.15, 0.2) is 5.78 Å². The SMILES string of the molecule is COCc1ccc(C23CC4CC(CC(C4)C2)C3)cc1C(=O)c1ccc(CCC(=O)OC)cc1. The number of hydrogen-bond acceptors (Lipinski definition) is 4. The van der Waals surface area contributed by atoms with E-state index in [-0.39, 0.29) is 17.2 Å². The molecule has 0 heterocycles. The van der Waals surface area contributed by atoms with E-state index in [1.54, 1.807) is 7.11 Å². The second kappa shape index (κ2) is 9.06. The monoisotopic (exact) mass is 446 g/mol. The molecule has 0 amide bonds. The Kier molecular flexibility index (Phi) is 6.13. The van der Waals surface area contributed by atoms with Crippen LogP contribution in [0.15, 0.2) is 42.5 Å². The fourth-order valence-corrected chi connectivity index (χ4v) is 7.19. The van der Waals surface area contributed by atoms with Crippen molar-refractivity contribution in [3.05, 3.63) is 70.3 Å². The minimum atomic E-state index is -0.221. The van der Waals surface area contributed by atoms with E-state index < -0.39 is 0 Å². The fourth-order valence-electron chi connectivity index (χ4n) is 7.19. The molecule has 0 atom stereocenters. The van der Waals surface area contributed by atoms with Crippen molar-refractivity contribution < 1.29 is 19.1 Å². The third-order valence-corrected chi connectivity index (χ3v) is 8.37. The van der Waals surface area contributed by atoms with E-state index in [1.807, 2.05) is 24.3 Å². The molecule has 2 aromatic rings. The zero-order chi connectivity index (χ0) is 23.0. The molecule has 0 N–H and O–H groups in total.